The number of amides is 2. The van der Waals surface area contributed by atoms with Crippen molar-refractivity contribution in [1.82, 2.24) is 10.6 Å². The highest BCUT2D eigenvalue weighted by Gasteiger charge is 2.55. The number of aliphatic hydroxyl groups is 2. The number of carbonyl (C=O) groups excluding carboxylic acids is 2. The number of benzene rings is 2. The molecule has 0 radical (unpaired) electrons. The molecule has 0 saturated carbocycles. The van der Waals surface area contributed by atoms with Gasteiger partial charge in [-0.25, -0.2) is 0 Å². The first-order valence-corrected chi connectivity index (χ1v) is 10.9. The predicted molar refractivity (Wildman–Crippen MR) is 119 cm³/mol. The van der Waals surface area contributed by atoms with Crippen LogP contribution in [0.25, 0.3) is 0 Å². The Morgan fingerprint density at radius 1 is 0.882 bits per heavy atom. The molecule has 2 amide bonds. The summed E-state index contributed by atoms with van der Waals surface area (Å²) in [4.78, 5) is 24.7. The minimum Gasteiger partial charge on any atom is -0.508 e. The molecule has 1 saturated heterocycles. The van der Waals surface area contributed by atoms with E-state index in [0.717, 1.165) is 36.4 Å². The third-order valence-corrected chi connectivity index (χ3v) is 5.76. The first kappa shape index (κ1) is 25.4. The van der Waals surface area contributed by atoms with E-state index in [4.69, 9.17) is 4.74 Å². The fourth-order valence-corrected chi connectivity index (χ4v) is 4.12. The van der Waals surface area contributed by atoms with Crippen molar-refractivity contribution in [2.45, 2.75) is 23.9 Å². The molecule has 12 nitrogen and oxygen atoms in total. The molecule has 13 heteroatoms. The van der Waals surface area contributed by atoms with E-state index in [2.05, 4.69) is 10.6 Å². The summed E-state index contributed by atoms with van der Waals surface area (Å²) in [5.74, 6) is -2.97. The molecule has 0 aliphatic carbocycles. The maximum Gasteiger partial charge on any atom is 0.251 e. The summed E-state index contributed by atoms with van der Waals surface area (Å²) in [5.41, 5.74) is -2.20. The van der Waals surface area contributed by atoms with Gasteiger partial charge in [0.2, 0.25) is 0 Å². The van der Waals surface area contributed by atoms with Crippen LogP contribution < -0.4 is 10.6 Å². The average molecular weight is 496 g/mol. The number of rotatable bonds is 8. The van der Waals surface area contributed by atoms with Gasteiger partial charge in [0, 0.05) is 35.6 Å². The quantitative estimate of drug-likeness (QED) is 0.217. The molecule has 1 aliphatic heterocycles. The lowest BCUT2D eigenvalue weighted by Crippen LogP contribution is -2.57. The van der Waals surface area contributed by atoms with Gasteiger partial charge in [0.05, 0.1) is 6.54 Å². The molecule has 1 aliphatic rings. The largest absolute Gasteiger partial charge is 0.508 e. The van der Waals surface area contributed by atoms with E-state index in [0.29, 0.717) is 12.0 Å². The van der Waals surface area contributed by atoms with Crippen LogP contribution in [0.4, 0.5) is 0 Å². The molecule has 34 heavy (non-hydrogen) atoms. The van der Waals surface area contributed by atoms with Crippen molar-refractivity contribution < 1.29 is 49.5 Å². The van der Waals surface area contributed by atoms with Gasteiger partial charge in [-0.15, -0.1) is 0 Å². The number of nitrogens with one attached hydrogen (secondary N) is 2. The fraction of sp³-hybridized carbons (Fsp3) is 0.333. The van der Waals surface area contributed by atoms with Crippen molar-refractivity contribution in [3.63, 3.8) is 0 Å². The van der Waals surface area contributed by atoms with Gasteiger partial charge in [0.15, 0.2) is 0 Å². The third-order valence-electron chi connectivity index (χ3n) is 5.31. The van der Waals surface area contributed by atoms with Gasteiger partial charge in [-0.1, -0.05) is 0 Å². The van der Waals surface area contributed by atoms with Crippen molar-refractivity contribution in [3.8, 4) is 23.0 Å². The van der Waals surface area contributed by atoms with Gasteiger partial charge < -0.3 is 50.6 Å². The molecule has 2 aromatic rings. The minimum atomic E-state index is -2.05. The van der Waals surface area contributed by atoms with Gasteiger partial charge in [0.1, 0.15) is 46.9 Å². The Hall–Kier alpha value is -3.23. The lowest BCUT2D eigenvalue weighted by Gasteiger charge is -2.31. The Bertz CT molecular complexity index is 1030. The standard InChI is InChI=1S/C21H24N2O10S/c24-12-1-10(2-13(25)5-12)19(29)22-7-16-18(28)21(31,17(33-16)8-34-32)9-23-20(30)11-3-14(26)6-15(27)4-11/h1-6,16-18,24-28,31-32H,7-9H2,(H,22,29)(H,23,30)/t16-,17?,18-,21+/m1/s1. The van der Waals surface area contributed by atoms with E-state index < -0.39 is 42.3 Å². The monoisotopic (exact) mass is 496 g/mol. The third kappa shape index (κ3) is 5.63. The molecule has 0 bridgehead atoms. The minimum absolute atomic E-state index is 0.0515. The van der Waals surface area contributed by atoms with E-state index in [-0.39, 0.29) is 46.4 Å². The van der Waals surface area contributed by atoms with Crippen LogP contribution in [0, 0.1) is 0 Å². The van der Waals surface area contributed by atoms with E-state index in [1.165, 1.54) is 0 Å². The van der Waals surface area contributed by atoms with Crippen molar-refractivity contribution in [1.29, 1.82) is 0 Å². The van der Waals surface area contributed by atoms with E-state index in [1.807, 2.05) is 0 Å². The molecular formula is C21H24N2O10S. The molecule has 184 valence electrons. The highest BCUT2D eigenvalue weighted by molar-refractivity contribution is 7.93. The van der Waals surface area contributed by atoms with Gasteiger partial charge in [-0.2, -0.15) is 0 Å². The van der Waals surface area contributed by atoms with E-state index >= 15 is 0 Å². The number of carbonyl (C=O) groups is 2. The van der Waals surface area contributed by atoms with Gasteiger partial charge >= 0.3 is 0 Å². The number of phenolic OH excluding ortho intramolecular Hbond substituents is 4. The number of ether oxygens (including phenoxy) is 1. The van der Waals surface area contributed by atoms with Crippen LogP contribution in [0.15, 0.2) is 36.4 Å². The highest BCUT2D eigenvalue weighted by atomic mass is 32.2. The van der Waals surface area contributed by atoms with Crippen LogP contribution in [-0.4, -0.2) is 89.8 Å². The molecule has 1 heterocycles. The number of aliphatic hydroxyl groups excluding tert-OH is 1. The topological polar surface area (TPSA) is 209 Å². The highest BCUT2D eigenvalue weighted by Crippen LogP contribution is 2.33. The summed E-state index contributed by atoms with van der Waals surface area (Å²) >= 11 is 0.346. The number of phenols is 4. The van der Waals surface area contributed by atoms with Crippen molar-refractivity contribution in [2.24, 2.45) is 0 Å². The van der Waals surface area contributed by atoms with Gasteiger partial charge in [0.25, 0.3) is 11.8 Å². The van der Waals surface area contributed by atoms with Crippen LogP contribution in [0.5, 0.6) is 23.0 Å². The zero-order valence-corrected chi connectivity index (χ0v) is 18.4. The zero-order valence-electron chi connectivity index (χ0n) is 17.6. The van der Waals surface area contributed by atoms with Crippen LogP contribution >= 0.6 is 12.0 Å². The first-order valence-electron chi connectivity index (χ1n) is 9.98. The predicted octanol–water partition coefficient (Wildman–Crippen LogP) is -0.266. The second-order valence-corrected chi connectivity index (χ2v) is 8.36. The molecular weight excluding hydrogens is 472 g/mol. The lowest BCUT2D eigenvalue weighted by molar-refractivity contribution is -0.0670. The molecule has 0 aromatic heterocycles. The summed E-state index contributed by atoms with van der Waals surface area (Å²) in [6.45, 7) is -0.792. The summed E-state index contributed by atoms with van der Waals surface area (Å²) in [6.07, 6.45) is -3.86. The SMILES string of the molecule is O=C(NC[C@H]1OC(CSO)[C@@](O)(CNC(=O)c2cc(O)cc(O)c2)[C@@H]1O)c1cc(O)cc(O)c1. The molecule has 9 N–H and O–H groups in total. The number of hydrogen-bond donors (Lipinski definition) is 9. The summed E-state index contributed by atoms with van der Waals surface area (Å²) in [6, 6.07) is 6.52. The maximum atomic E-state index is 12.4. The molecule has 2 aromatic carbocycles. The summed E-state index contributed by atoms with van der Waals surface area (Å²) in [7, 11) is 0. The van der Waals surface area contributed by atoms with Gasteiger partial charge in [-0.3, -0.25) is 9.59 Å². The Balaban J connectivity index is 1.67. The second kappa shape index (κ2) is 10.4. The van der Waals surface area contributed by atoms with Crippen LogP contribution in [0.2, 0.25) is 0 Å². The van der Waals surface area contributed by atoms with Crippen molar-refractivity contribution >= 4 is 23.9 Å². The summed E-state index contributed by atoms with van der Waals surface area (Å²) in [5, 5.41) is 64.8. The Labute approximate surface area is 197 Å². The maximum absolute atomic E-state index is 12.4. The Kier molecular flexibility index (Phi) is 7.74. The van der Waals surface area contributed by atoms with Gasteiger partial charge in [-0.05, 0) is 36.3 Å². The number of aromatic hydroxyl groups is 4. The first-order chi connectivity index (χ1) is 16.0. The second-order valence-electron chi connectivity index (χ2n) is 7.76. The molecule has 1 unspecified atom stereocenters. The van der Waals surface area contributed by atoms with Crippen LogP contribution in [0.1, 0.15) is 20.7 Å². The van der Waals surface area contributed by atoms with E-state index in [1.54, 1.807) is 0 Å². The molecule has 3 rings (SSSR count). The van der Waals surface area contributed by atoms with E-state index in [9.17, 15) is 44.8 Å². The smallest absolute Gasteiger partial charge is 0.251 e. The molecule has 4 atom stereocenters. The number of hydrogen-bond acceptors (Lipinski definition) is 11. The molecule has 1 fully saturated rings. The zero-order chi connectivity index (χ0) is 25.0. The van der Waals surface area contributed by atoms with Crippen molar-refractivity contribution in [3.05, 3.63) is 47.5 Å². The Morgan fingerprint density at radius 2 is 1.35 bits per heavy atom. The van der Waals surface area contributed by atoms with Crippen molar-refractivity contribution in [2.75, 3.05) is 18.8 Å². The normalized spacial score (nSPS) is 24.0. The Morgan fingerprint density at radius 3 is 1.82 bits per heavy atom. The van der Waals surface area contributed by atoms with Crippen LogP contribution in [-0.2, 0) is 4.74 Å². The lowest BCUT2D eigenvalue weighted by atomic mass is 9.90. The average Bonchev–Trinajstić information content (AvgIpc) is 2.99. The fourth-order valence-electron chi connectivity index (χ4n) is 3.62. The molecule has 0 spiro atoms. The summed E-state index contributed by atoms with van der Waals surface area (Å²) < 4.78 is 14.9. The van der Waals surface area contributed by atoms with Crippen LogP contribution in [0.3, 0.4) is 0 Å².